The minimum Gasteiger partial charge on any atom is -0.493 e. The predicted molar refractivity (Wildman–Crippen MR) is 186 cm³/mol. The van der Waals surface area contributed by atoms with Crippen molar-refractivity contribution in [1.29, 1.82) is 0 Å². The van der Waals surface area contributed by atoms with Gasteiger partial charge < -0.3 is 51.5 Å². The Labute approximate surface area is 285 Å². The lowest BCUT2D eigenvalue weighted by molar-refractivity contribution is 0.0596. The van der Waals surface area contributed by atoms with Gasteiger partial charge in [-0.25, -0.2) is 9.59 Å². The highest BCUT2D eigenvalue weighted by Crippen LogP contribution is 2.53. The zero-order chi connectivity index (χ0) is 36.4. The van der Waals surface area contributed by atoms with E-state index in [1.807, 2.05) is 0 Å². The first-order valence-corrected chi connectivity index (χ1v) is 18.1. The van der Waals surface area contributed by atoms with Crippen molar-refractivity contribution in [2.75, 3.05) is 56.9 Å². The Hall–Kier alpha value is -4.82. The molecule has 3 aromatic carbocycles. The summed E-state index contributed by atoms with van der Waals surface area (Å²) >= 11 is 0. The quantitative estimate of drug-likeness (QED) is 0.0606. The maximum atomic E-state index is 13.7. The Bertz CT molecular complexity index is 1940. The second-order valence-corrected chi connectivity index (χ2v) is 17.2. The second kappa shape index (κ2) is 14.3. The van der Waals surface area contributed by atoms with Crippen LogP contribution in [0.15, 0.2) is 27.4 Å². The fourth-order valence-corrected chi connectivity index (χ4v) is 6.16. The molecular formula is C35H44O13Si. The molecule has 0 aliphatic rings. The van der Waals surface area contributed by atoms with Crippen molar-refractivity contribution in [2.24, 2.45) is 0 Å². The first-order chi connectivity index (χ1) is 23.2. The van der Waals surface area contributed by atoms with Crippen LogP contribution < -0.4 is 43.5 Å². The van der Waals surface area contributed by atoms with Crippen LogP contribution in [0.1, 0.15) is 36.7 Å². The van der Waals surface area contributed by atoms with Crippen LogP contribution >= 0.6 is 0 Å². The highest BCUT2D eigenvalue weighted by molar-refractivity contribution is 6.74. The molecule has 1 aromatic heterocycles. The molecule has 0 saturated carbocycles. The first-order valence-electron chi connectivity index (χ1n) is 15.2. The molecule has 4 aromatic rings. The molecule has 0 aliphatic heterocycles. The summed E-state index contributed by atoms with van der Waals surface area (Å²) in [6.07, 6.45) is 0. The van der Waals surface area contributed by atoms with Crippen LogP contribution in [0.25, 0.3) is 21.7 Å². The number of esters is 1. The van der Waals surface area contributed by atoms with Crippen LogP contribution in [0.2, 0.25) is 18.1 Å². The van der Waals surface area contributed by atoms with E-state index in [-0.39, 0.29) is 79.9 Å². The van der Waals surface area contributed by atoms with Crippen LogP contribution in [0, 0.1) is 0 Å². The van der Waals surface area contributed by atoms with E-state index in [9.17, 15) is 9.59 Å². The summed E-state index contributed by atoms with van der Waals surface area (Å²) in [6, 6.07) is 4.64. The number of ether oxygens (including phenoxy) is 9. The first kappa shape index (κ1) is 37.0. The average molecular weight is 701 g/mol. The highest BCUT2D eigenvalue weighted by Gasteiger charge is 2.38. The summed E-state index contributed by atoms with van der Waals surface area (Å²) in [4.78, 5) is 26.8. The van der Waals surface area contributed by atoms with Gasteiger partial charge in [-0.2, -0.15) is 0 Å². The van der Waals surface area contributed by atoms with Crippen molar-refractivity contribution >= 4 is 36.0 Å². The summed E-state index contributed by atoms with van der Waals surface area (Å²) < 4.78 is 63.9. The monoisotopic (exact) mass is 700 g/mol. The van der Waals surface area contributed by atoms with E-state index in [4.69, 9.17) is 51.5 Å². The van der Waals surface area contributed by atoms with Crippen molar-refractivity contribution in [3.8, 4) is 51.7 Å². The molecule has 0 N–H and O–H groups in total. The van der Waals surface area contributed by atoms with Gasteiger partial charge in [-0.3, -0.25) is 0 Å². The predicted octanol–water partition coefficient (Wildman–Crippen LogP) is 7.11. The van der Waals surface area contributed by atoms with E-state index in [0.717, 1.165) is 0 Å². The Balaban J connectivity index is 2.19. The molecule has 0 fully saturated rings. The number of methoxy groups -OCH3 is 8. The van der Waals surface area contributed by atoms with Crippen molar-refractivity contribution in [2.45, 2.75) is 45.5 Å². The molecule has 0 bridgehead atoms. The third-order valence-corrected chi connectivity index (χ3v) is 13.3. The smallest absolute Gasteiger partial charge is 0.344 e. The van der Waals surface area contributed by atoms with Crippen LogP contribution in [0.4, 0.5) is 0 Å². The lowest BCUT2D eigenvalue weighted by Gasteiger charge is -2.36. The van der Waals surface area contributed by atoms with Gasteiger partial charge in [-0.1, -0.05) is 20.8 Å². The summed E-state index contributed by atoms with van der Waals surface area (Å²) in [5.74, 6) is 0.517. The fourth-order valence-electron chi connectivity index (χ4n) is 5.21. The molecule has 0 unspecified atom stereocenters. The maximum Gasteiger partial charge on any atom is 0.344 e. The second-order valence-electron chi connectivity index (χ2n) is 12.4. The van der Waals surface area contributed by atoms with Crippen LogP contribution in [-0.4, -0.2) is 71.2 Å². The standard InChI is InChI=1S/C35H44O13Si/c1-35(2,3)49(12,13)46-17-18-14-23(47-26-20(33(36)45-11)16-22(39-5)28(41-7)32(26)44-10)29(42-8)31-24(18)25-19(34(37)48-31)15-21(38-4)27(40-6)30(25)43-9/h14-16H,17H2,1-13H3. The number of carbonyl (C=O) groups is 1. The van der Waals surface area contributed by atoms with Crippen LogP contribution in [0.5, 0.6) is 51.7 Å². The molecule has 1 heterocycles. The Morgan fingerprint density at radius 1 is 0.673 bits per heavy atom. The van der Waals surface area contributed by atoms with Gasteiger partial charge in [0, 0.05) is 16.8 Å². The van der Waals surface area contributed by atoms with E-state index in [1.54, 1.807) is 6.07 Å². The van der Waals surface area contributed by atoms with Crippen LogP contribution in [-0.2, 0) is 15.8 Å². The third kappa shape index (κ3) is 6.49. The Morgan fingerprint density at radius 2 is 1.22 bits per heavy atom. The molecule has 14 heteroatoms. The van der Waals surface area contributed by atoms with Gasteiger partial charge in [-0.15, -0.1) is 0 Å². The summed E-state index contributed by atoms with van der Waals surface area (Å²) in [7, 11) is 8.93. The molecular weight excluding hydrogens is 656 g/mol. The molecule has 0 atom stereocenters. The minimum absolute atomic E-state index is 0.0308. The largest absolute Gasteiger partial charge is 0.493 e. The van der Waals surface area contributed by atoms with Crippen molar-refractivity contribution in [1.82, 2.24) is 0 Å². The van der Waals surface area contributed by atoms with Crippen molar-refractivity contribution < 1.29 is 56.3 Å². The van der Waals surface area contributed by atoms with E-state index in [0.29, 0.717) is 16.3 Å². The Kier molecular flexibility index (Phi) is 10.8. The minimum atomic E-state index is -2.34. The number of carbonyl (C=O) groups excluding carboxylic acids is 1. The van der Waals surface area contributed by atoms with Gasteiger partial charge in [0.1, 0.15) is 5.56 Å². The zero-order valence-corrected chi connectivity index (χ0v) is 31.2. The topological polar surface area (TPSA) is 140 Å². The van der Waals surface area contributed by atoms with Gasteiger partial charge in [0.25, 0.3) is 0 Å². The highest BCUT2D eigenvalue weighted by atomic mass is 28.4. The maximum absolute atomic E-state index is 13.7. The number of rotatable bonds is 13. The molecule has 4 rings (SSSR count). The van der Waals surface area contributed by atoms with E-state index in [2.05, 4.69) is 33.9 Å². The van der Waals surface area contributed by atoms with E-state index < -0.39 is 19.9 Å². The lowest BCUT2D eigenvalue weighted by Crippen LogP contribution is -2.40. The van der Waals surface area contributed by atoms with Crippen molar-refractivity contribution in [3.05, 3.63) is 39.7 Å². The molecule has 0 spiro atoms. The average Bonchev–Trinajstić information content (AvgIpc) is 3.08. The van der Waals surface area contributed by atoms with E-state index >= 15 is 0 Å². The molecule has 0 radical (unpaired) electrons. The van der Waals surface area contributed by atoms with Crippen LogP contribution in [0.3, 0.4) is 0 Å². The SMILES string of the molecule is COC(=O)c1cc(OC)c(OC)c(OC)c1Oc1cc(CO[Si](C)(C)C(C)(C)C)c2c(oc(=O)c3cc(OC)c(OC)c(OC)c32)c1OC. The van der Waals surface area contributed by atoms with Gasteiger partial charge in [0.15, 0.2) is 42.6 Å². The van der Waals surface area contributed by atoms with Gasteiger partial charge >= 0.3 is 11.6 Å². The van der Waals surface area contributed by atoms with E-state index in [1.165, 1.54) is 69.0 Å². The Morgan fingerprint density at radius 3 is 1.73 bits per heavy atom. The number of hydrogen-bond donors (Lipinski definition) is 0. The summed E-state index contributed by atoms with van der Waals surface area (Å²) in [5.41, 5.74) is -0.131. The van der Waals surface area contributed by atoms with Gasteiger partial charge in [0.2, 0.25) is 23.0 Å². The number of fused-ring (bicyclic) bond motifs is 3. The molecule has 13 nitrogen and oxygen atoms in total. The number of hydrogen-bond acceptors (Lipinski definition) is 13. The third-order valence-electron chi connectivity index (χ3n) is 8.78. The fraction of sp³-hybridized carbons (Fsp3) is 0.429. The van der Waals surface area contributed by atoms with Gasteiger partial charge in [0.05, 0.1) is 68.9 Å². The molecule has 49 heavy (non-hydrogen) atoms. The summed E-state index contributed by atoms with van der Waals surface area (Å²) in [6.45, 7) is 10.7. The van der Waals surface area contributed by atoms with Gasteiger partial charge in [-0.05, 0) is 35.8 Å². The molecule has 266 valence electrons. The summed E-state index contributed by atoms with van der Waals surface area (Å²) in [5, 5.41) is 0.910. The van der Waals surface area contributed by atoms with Crippen molar-refractivity contribution in [3.63, 3.8) is 0 Å². The molecule has 0 amide bonds. The molecule has 0 aliphatic carbocycles. The molecule has 0 saturated heterocycles. The lowest BCUT2D eigenvalue weighted by atomic mass is 10.00. The normalized spacial score (nSPS) is 11.7. The number of benzene rings is 3. The zero-order valence-electron chi connectivity index (χ0n) is 30.2.